The van der Waals surface area contributed by atoms with Crippen LogP contribution in [0.2, 0.25) is 0 Å². The Kier molecular flexibility index (Phi) is 8.37. The zero-order valence-corrected chi connectivity index (χ0v) is 13.8. The maximum Gasteiger partial charge on any atom is 0.239 e. The standard InChI is InChI=1S/C14H27N3O2S/c1-5-8-14(9-6-2,12(15)20)13(19)17(7-3)10-11(18)16-4/h5-10H2,1-4H3,(H2,15,20)(H,16,18). The van der Waals surface area contributed by atoms with Gasteiger partial charge in [-0.1, -0.05) is 38.9 Å². The van der Waals surface area contributed by atoms with E-state index in [0.717, 1.165) is 12.8 Å². The Bertz CT molecular complexity index is 352. The molecule has 0 unspecified atom stereocenters. The van der Waals surface area contributed by atoms with Crippen molar-refractivity contribution < 1.29 is 9.59 Å². The molecule has 0 aromatic heterocycles. The minimum atomic E-state index is -0.817. The Morgan fingerprint density at radius 1 is 1.20 bits per heavy atom. The molecule has 6 heteroatoms. The molecule has 0 radical (unpaired) electrons. The second-order valence-electron chi connectivity index (χ2n) is 4.94. The summed E-state index contributed by atoms with van der Waals surface area (Å²) in [4.78, 5) is 26.1. The smallest absolute Gasteiger partial charge is 0.239 e. The quantitative estimate of drug-likeness (QED) is 0.632. The molecule has 3 N–H and O–H groups in total. The molecule has 2 amide bonds. The minimum absolute atomic E-state index is 0.0453. The average molecular weight is 301 g/mol. The third-order valence-electron chi connectivity index (χ3n) is 3.52. The fourth-order valence-corrected chi connectivity index (χ4v) is 2.72. The summed E-state index contributed by atoms with van der Waals surface area (Å²) < 4.78 is 0. The van der Waals surface area contributed by atoms with E-state index in [4.69, 9.17) is 18.0 Å². The van der Waals surface area contributed by atoms with Crippen LogP contribution < -0.4 is 11.1 Å². The van der Waals surface area contributed by atoms with Gasteiger partial charge in [-0.2, -0.15) is 0 Å². The highest BCUT2D eigenvalue weighted by molar-refractivity contribution is 7.80. The van der Waals surface area contributed by atoms with Gasteiger partial charge < -0.3 is 16.0 Å². The highest BCUT2D eigenvalue weighted by Gasteiger charge is 2.42. The van der Waals surface area contributed by atoms with E-state index in [0.29, 0.717) is 19.4 Å². The van der Waals surface area contributed by atoms with Gasteiger partial charge in [-0.25, -0.2) is 0 Å². The summed E-state index contributed by atoms with van der Waals surface area (Å²) in [6.45, 7) is 6.37. The predicted octanol–water partition coefficient (Wildman–Crippen LogP) is 1.45. The van der Waals surface area contributed by atoms with Gasteiger partial charge in [0.05, 0.1) is 16.9 Å². The van der Waals surface area contributed by atoms with Crippen molar-refractivity contribution in [1.82, 2.24) is 10.2 Å². The van der Waals surface area contributed by atoms with E-state index in [-0.39, 0.29) is 23.3 Å². The number of likely N-dealkylation sites (N-methyl/N-ethyl adjacent to an activating group) is 2. The summed E-state index contributed by atoms with van der Waals surface area (Å²) in [5.74, 6) is -0.315. The van der Waals surface area contributed by atoms with E-state index >= 15 is 0 Å². The maximum atomic E-state index is 12.8. The summed E-state index contributed by atoms with van der Waals surface area (Å²) in [5.41, 5.74) is 5.07. The third kappa shape index (κ3) is 4.44. The number of nitrogens with one attached hydrogen (secondary N) is 1. The first-order valence-electron chi connectivity index (χ1n) is 7.19. The number of rotatable bonds is 9. The van der Waals surface area contributed by atoms with Crippen LogP contribution in [0, 0.1) is 5.41 Å². The first kappa shape index (κ1) is 18.8. The van der Waals surface area contributed by atoms with Gasteiger partial charge in [-0.15, -0.1) is 0 Å². The van der Waals surface area contributed by atoms with Crippen molar-refractivity contribution in [2.45, 2.75) is 46.5 Å². The largest absolute Gasteiger partial charge is 0.392 e. The van der Waals surface area contributed by atoms with Crippen molar-refractivity contribution in [3.8, 4) is 0 Å². The number of nitrogens with two attached hydrogens (primary N) is 1. The van der Waals surface area contributed by atoms with E-state index in [1.54, 1.807) is 7.05 Å². The summed E-state index contributed by atoms with van der Waals surface area (Å²) in [5, 5.41) is 2.53. The number of carbonyl (C=O) groups excluding carboxylic acids is 2. The number of carbonyl (C=O) groups is 2. The lowest BCUT2D eigenvalue weighted by molar-refractivity contribution is -0.142. The van der Waals surface area contributed by atoms with Crippen LogP contribution in [0.15, 0.2) is 0 Å². The molecule has 0 aliphatic rings. The van der Waals surface area contributed by atoms with Crippen molar-refractivity contribution in [1.29, 1.82) is 0 Å². The molecule has 0 aromatic rings. The summed E-state index contributed by atoms with van der Waals surface area (Å²) in [6, 6.07) is 0. The second kappa shape index (κ2) is 8.89. The minimum Gasteiger partial charge on any atom is -0.392 e. The Hall–Kier alpha value is -1.17. The van der Waals surface area contributed by atoms with Crippen LogP contribution in [0.3, 0.4) is 0 Å². The fraction of sp³-hybridized carbons (Fsp3) is 0.786. The van der Waals surface area contributed by atoms with Crippen LogP contribution in [0.4, 0.5) is 0 Å². The van der Waals surface area contributed by atoms with Crippen LogP contribution >= 0.6 is 12.2 Å². The van der Waals surface area contributed by atoms with Crippen molar-refractivity contribution >= 4 is 29.0 Å². The monoisotopic (exact) mass is 301 g/mol. The Balaban J connectivity index is 5.36. The summed E-state index contributed by atoms with van der Waals surface area (Å²) >= 11 is 5.18. The zero-order chi connectivity index (χ0) is 15.8. The lowest BCUT2D eigenvalue weighted by Crippen LogP contribution is -2.52. The fourth-order valence-electron chi connectivity index (χ4n) is 2.43. The molecule has 116 valence electrons. The second-order valence-corrected chi connectivity index (χ2v) is 5.38. The van der Waals surface area contributed by atoms with Crippen LogP contribution in [-0.2, 0) is 9.59 Å². The van der Waals surface area contributed by atoms with Gasteiger partial charge in [0.2, 0.25) is 11.8 Å². The SMILES string of the molecule is CCCC(CCC)(C(=O)N(CC)CC(=O)NC)C(N)=S. The van der Waals surface area contributed by atoms with E-state index in [2.05, 4.69) is 5.32 Å². The zero-order valence-electron chi connectivity index (χ0n) is 13.0. The van der Waals surface area contributed by atoms with Crippen molar-refractivity contribution in [2.24, 2.45) is 11.1 Å². The van der Waals surface area contributed by atoms with E-state index in [1.165, 1.54) is 4.90 Å². The highest BCUT2D eigenvalue weighted by Crippen LogP contribution is 2.33. The third-order valence-corrected chi connectivity index (χ3v) is 3.91. The summed E-state index contributed by atoms with van der Waals surface area (Å²) in [7, 11) is 1.56. The lowest BCUT2D eigenvalue weighted by Gasteiger charge is -2.35. The number of amides is 2. The molecular weight excluding hydrogens is 274 g/mol. The van der Waals surface area contributed by atoms with Gasteiger partial charge in [0.1, 0.15) is 0 Å². The number of hydrogen-bond donors (Lipinski definition) is 2. The van der Waals surface area contributed by atoms with Crippen molar-refractivity contribution in [2.75, 3.05) is 20.1 Å². The van der Waals surface area contributed by atoms with Gasteiger partial charge in [0.25, 0.3) is 0 Å². The molecule has 0 rings (SSSR count). The van der Waals surface area contributed by atoms with Crippen molar-refractivity contribution in [3.63, 3.8) is 0 Å². The van der Waals surface area contributed by atoms with Gasteiger partial charge in [0, 0.05) is 13.6 Å². The maximum absolute atomic E-state index is 12.8. The van der Waals surface area contributed by atoms with Crippen LogP contribution in [-0.4, -0.2) is 41.8 Å². The molecule has 0 aromatic carbocycles. The van der Waals surface area contributed by atoms with Crippen molar-refractivity contribution in [3.05, 3.63) is 0 Å². The van der Waals surface area contributed by atoms with Gasteiger partial charge in [0.15, 0.2) is 0 Å². The van der Waals surface area contributed by atoms with E-state index in [1.807, 2.05) is 20.8 Å². The number of thiocarbonyl (C=S) groups is 1. The molecule has 0 heterocycles. The molecule has 0 spiro atoms. The van der Waals surface area contributed by atoms with Gasteiger partial charge >= 0.3 is 0 Å². The molecule has 0 aliphatic heterocycles. The molecule has 0 fully saturated rings. The average Bonchev–Trinajstić information content (AvgIpc) is 2.42. The van der Waals surface area contributed by atoms with E-state index in [9.17, 15) is 9.59 Å². The molecule has 0 saturated carbocycles. The summed E-state index contributed by atoms with van der Waals surface area (Å²) in [6.07, 6.45) is 2.89. The van der Waals surface area contributed by atoms with Crippen LogP contribution in [0.5, 0.6) is 0 Å². The lowest BCUT2D eigenvalue weighted by atomic mass is 9.77. The van der Waals surface area contributed by atoms with Crippen LogP contribution in [0.25, 0.3) is 0 Å². The molecule has 0 saturated heterocycles. The normalized spacial score (nSPS) is 11.0. The molecule has 5 nitrogen and oxygen atoms in total. The molecule has 20 heavy (non-hydrogen) atoms. The first-order valence-corrected chi connectivity index (χ1v) is 7.60. The predicted molar refractivity (Wildman–Crippen MR) is 85.4 cm³/mol. The van der Waals surface area contributed by atoms with Gasteiger partial charge in [-0.3, -0.25) is 9.59 Å². The molecule has 0 aliphatic carbocycles. The Labute approximate surface area is 127 Å². The molecule has 0 bridgehead atoms. The first-order chi connectivity index (χ1) is 9.39. The van der Waals surface area contributed by atoms with Crippen LogP contribution in [0.1, 0.15) is 46.5 Å². The number of hydrogen-bond acceptors (Lipinski definition) is 3. The van der Waals surface area contributed by atoms with E-state index < -0.39 is 5.41 Å². The Morgan fingerprint density at radius 3 is 2.00 bits per heavy atom. The number of nitrogens with zero attached hydrogens (tertiary/aromatic N) is 1. The molecular formula is C14H27N3O2S. The topological polar surface area (TPSA) is 75.4 Å². The highest BCUT2D eigenvalue weighted by atomic mass is 32.1. The molecule has 0 atom stereocenters. The van der Waals surface area contributed by atoms with Gasteiger partial charge in [-0.05, 0) is 19.8 Å². The Morgan fingerprint density at radius 2 is 1.70 bits per heavy atom.